The summed E-state index contributed by atoms with van der Waals surface area (Å²) in [7, 11) is 0. The van der Waals surface area contributed by atoms with E-state index >= 15 is 0 Å². The number of nitrogens with one attached hydrogen (secondary N) is 1. The Morgan fingerprint density at radius 2 is 2.00 bits per heavy atom. The lowest BCUT2D eigenvalue weighted by atomic mass is 10.1. The number of aromatic nitrogens is 2. The van der Waals surface area contributed by atoms with E-state index in [0.29, 0.717) is 6.54 Å². The van der Waals surface area contributed by atoms with Crippen molar-refractivity contribution >= 4 is 5.91 Å². The lowest BCUT2D eigenvalue weighted by Crippen LogP contribution is -2.36. The number of amides is 1. The lowest BCUT2D eigenvalue weighted by Gasteiger charge is -2.18. The molecule has 0 radical (unpaired) electrons. The number of nitrogens with zero attached hydrogens (tertiary/aromatic N) is 2. The average molecular weight is 349 g/mol. The number of carbonyl (C=O) groups is 1. The van der Waals surface area contributed by atoms with Crippen LogP contribution in [0.1, 0.15) is 23.6 Å². The fraction of sp³-hybridized carbons (Fsp3) is 0.238. The number of aryl methyl sites for hydroxylation is 1. The summed E-state index contributed by atoms with van der Waals surface area (Å²) >= 11 is 0. The van der Waals surface area contributed by atoms with E-state index in [1.54, 1.807) is 19.4 Å². The molecule has 5 heteroatoms. The summed E-state index contributed by atoms with van der Waals surface area (Å²) in [5.74, 6) is 0.595. The second-order valence-corrected chi connectivity index (χ2v) is 6.27. The van der Waals surface area contributed by atoms with Gasteiger partial charge in [-0.3, -0.25) is 4.79 Å². The van der Waals surface area contributed by atoms with Crippen LogP contribution in [0.2, 0.25) is 0 Å². The van der Waals surface area contributed by atoms with E-state index in [0.717, 1.165) is 28.1 Å². The highest BCUT2D eigenvalue weighted by Gasteiger charge is 2.16. The van der Waals surface area contributed by atoms with E-state index in [1.807, 2.05) is 67.1 Å². The number of carbonyl (C=O) groups excluding carboxylic acids is 1. The number of para-hydroxylation sites is 1. The normalized spacial score (nSPS) is 11.8. The molecule has 3 aromatic rings. The number of hydrogen-bond donors (Lipinski definition) is 1. The molecule has 26 heavy (non-hydrogen) atoms. The van der Waals surface area contributed by atoms with E-state index in [4.69, 9.17) is 4.74 Å². The van der Waals surface area contributed by atoms with Crippen LogP contribution in [0.5, 0.6) is 5.75 Å². The number of rotatable bonds is 6. The van der Waals surface area contributed by atoms with Crippen molar-refractivity contribution in [1.29, 1.82) is 0 Å². The number of imidazole rings is 1. The van der Waals surface area contributed by atoms with Crippen LogP contribution in [-0.4, -0.2) is 21.6 Å². The maximum Gasteiger partial charge on any atom is 0.261 e. The van der Waals surface area contributed by atoms with E-state index in [1.165, 1.54) is 0 Å². The summed E-state index contributed by atoms with van der Waals surface area (Å²) < 4.78 is 7.78. The van der Waals surface area contributed by atoms with Gasteiger partial charge in [-0.15, -0.1) is 0 Å². The number of hydrogen-bond acceptors (Lipinski definition) is 3. The highest BCUT2D eigenvalue weighted by molar-refractivity contribution is 5.80. The largest absolute Gasteiger partial charge is 0.481 e. The Morgan fingerprint density at radius 3 is 2.77 bits per heavy atom. The Morgan fingerprint density at radius 1 is 1.19 bits per heavy atom. The van der Waals surface area contributed by atoms with Crippen LogP contribution in [0.4, 0.5) is 0 Å². The van der Waals surface area contributed by atoms with Crippen LogP contribution in [0, 0.1) is 13.8 Å². The predicted molar refractivity (Wildman–Crippen MR) is 101 cm³/mol. The van der Waals surface area contributed by atoms with Crippen molar-refractivity contribution < 1.29 is 9.53 Å². The zero-order valence-corrected chi connectivity index (χ0v) is 15.3. The molecule has 1 N–H and O–H groups in total. The summed E-state index contributed by atoms with van der Waals surface area (Å²) in [6, 6.07) is 13.8. The van der Waals surface area contributed by atoms with Gasteiger partial charge in [0, 0.05) is 18.9 Å². The van der Waals surface area contributed by atoms with Crippen molar-refractivity contribution in [3.8, 4) is 11.4 Å². The molecule has 0 aliphatic heterocycles. The Hall–Kier alpha value is -3.08. The zero-order valence-electron chi connectivity index (χ0n) is 15.3. The van der Waals surface area contributed by atoms with Crippen molar-refractivity contribution in [1.82, 2.24) is 14.9 Å². The molecule has 0 saturated carbocycles. The first-order valence-corrected chi connectivity index (χ1v) is 8.63. The molecule has 0 bridgehead atoms. The van der Waals surface area contributed by atoms with Crippen molar-refractivity contribution in [2.45, 2.75) is 33.4 Å². The Labute approximate surface area is 153 Å². The van der Waals surface area contributed by atoms with Crippen LogP contribution < -0.4 is 10.1 Å². The molecular formula is C21H23N3O2. The molecule has 0 spiro atoms. The summed E-state index contributed by atoms with van der Waals surface area (Å²) in [4.78, 5) is 16.5. The highest BCUT2D eigenvalue weighted by Crippen LogP contribution is 2.22. The van der Waals surface area contributed by atoms with Gasteiger partial charge in [0.15, 0.2) is 6.10 Å². The molecule has 1 aromatic heterocycles. The first-order valence-electron chi connectivity index (χ1n) is 8.63. The van der Waals surface area contributed by atoms with Gasteiger partial charge in [-0.2, -0.15) is 0 Å². The molecule has 1 amide bonds. The molecule has 0 unspecified atom stereocenters. The molecule has 134 valence electrons. The summed E-state index contributed by atoms with van der Waals surface area (Å²) in [6.07, 6.45) is 4.78. The minimum atomic E-state index is -0.573. The standard InChI is InChI=1S/C21H23N3O2/c1-15-7-6-10-20(16(15)2)26-17(3)21(25)23-13-18-8-4-5-9-19(18)24-12-11-22-14-24/h4-12,14,17H,13H2,1-3H3,(H,23,25)/t17-/m1/s1. The smallest absolute Gasteiger partial charge is 0.261 e. The van der Waals surface area contributed by atoms with Gasteiger partial charge in [0.05, 0.1) is 12.0 Å². The predicted octanol–water partition coefficient (Wildman–Crippen LogP) is 3.57. The van der Waals surface area contributed by atoms with E-state index in [-0.39, 0.29) is 5.91 Å². The van der Waals surface area contributed by atoms with Gasteiger partial charge in [-0.25, -0.2) is 4.98 Å². The van der Waals surface area contributed by atoms with Gasteiger partial charge in [0.1, 0.15) is 5.75 Å². The summed E-state index contributed by atoms with van der Waals surface area (Å²) in [5.41, 5.74) is 4.20. The maximum atomic E-state index is 12.5. The SMILES string of the molecule is Cc1cccc(O[C@H](C)C(=O)NCc2ccccc2-n2ccnc2)c1C. The second kappa shape index (κ2) is 7.87. The first kappa shape index (κ1) is 17.7. The molecule has 5 nitrogen and oxygen atoms in total. The third-order valence-corrected chi connectivity index (χ3v) is 4.46. The van der Waals surface area contributed by atoms with Gasteiger partial charge in [0.25, 0.3) is 5.91 Å². The maximum absolute atomic E-state index is 12.5. The fourth-order valence-electron chi connectivity index (χ4n) is 2.74. The van der Waals surface area contributed by atoms with Crippen LogP contribution in [-0.2, 0) is 11.3 Å². The lowest BCUT2D eigenvalue weighted by molar-refractivity contribution is -0.127. The van der Waals surface area contributed by atoms with Crippen LogP contribution in [0.15, 0.2) is 61.2 Å². The fourth-order valence-corrected chi connectivity index (χ4v) is 2.74. The van der Waals surface area contributed by atoms with Gasteiger partial charge >= 0.3 is 0 Å². The van der Waals surface area contributed by atoms with Crippen LogP contribution >= 0.6 is 0 Å². The molecule has 1 heterocycles. The third kappa shape index (κ3) is 3.94. The van der Waals surface area contributed by atoms with Crippen LogP contribution in [0.25, 0.3) is 5.69 Å². The van der Waals surface area contributed by atoms with Crippen molar-refractivity contribution in [3.05, 3.63) is 77.9 Å². The quantitative estimate of drug-likeness (QED) is 0.740. The van der Waals surface area contributed by atoms with Crippen molar-refractivity contribution in [3.63, 3.8) is 0 Å². The van der Waals surface area contributed by atoms with Crippen molar-refractivity contribution in [2.75, 3.05) is 0 Å². The van der Waals surface area contributed by atoms with E-state index in [9.17, 15) is 4.79 Å². The average Bonchev–Trinajstić information content (AvgIpc) is 3.18. The van der Waals surface area contributed by atoms with Gasteiger partial charge < -0.3 is 14.6 Å². The highest BCUT2D eigenvalue weighted by atomic mass is 16.5. The Bertz CT molecular complexity index is 888. The van der Waals surface area contributed by atoms with Crippen LogP contribution in [0.3, 0.4) is 0 Å². The first-order chi connectivity index (χ1) is 12.6. The summed E-state index contributed by atoms with van der Waals surface area (Å²) in [5, 5.41) is 2.96. The molecule has 0 saturated heterocycles. The molecule has 0 aliphatic carbocycles. The number of benzene rings is 2. The van der Waals surface area contributed by atoms with Gasteiger partial charge in [-0.05, 0) is 49.6 Å². The molecule has 0 aliphatic rings. The molecule has 0 fully saturated rings. The number of ether oxygens (including phenoxy) is 1. The minimum absolute atomic E-state index is 0.147. The second-order valence-electron chi connectivity index (χ2n) is 6.27. The molecular weight excluding hydrogens is 326 g/mol. The monoisotopic (exact) mass is 349 g/mol. The molecule has 3 rings (SSSR count). The van der Waals surface area contributed by atoms with E-state index < -0.39 is 6.10 Å². The minimum Gasteiger partial charge on any atom is -0.481 e. The Kier molecular flexibility index (Phi) is 5.37. The topological polar surface area (TPSA) is 56.1 Å². The third-order valence-electron chi connectivity index (χ3n) is 4.46. The molecule has 1 atom stereocenters. The Balaban J connectivity index is 1.65. The van der Waals surface area contributed by atoms with Crippen molar-refractivity contribution in [2.24, 2.45) is 0 Å². The van der Waals surface area contributed by atoms with Gasteiger partial charge in [-0.1, -0.05) is 30.3 Å². The zero-order chi connectivity index (χ0) is 18.5. The summed E-state index contributed by atoms with van der Waals surface area (Å²) in [6.45, 7) is 6.21. The van der Waals surface area contributed by atoms with Gasteiger partial charge in [0.2, 0.25) is 0 Å². The van der Waals surface area contributed by atoms with E-state index in [2.05, 4.69) is 10.3 Å². The molecule has 2 aromatic carbocycles.